The minimum absolute atomic E-state index is 0.103. The van der Waals surface area contributed by atoms with Gasteiger partial charge in [0.1, 0.15) is 12.3 Å². The Hall–Kier alpha value is -3.07. The fourth-order valence-corrected chi connectivity index (χ4v) is 3.96. The van der Waals surface area contributed by atoms with Gasteiger partial charge in [-0.25, -0.2) is 13.2 Å². The number of carbonyl (C=O) groups is 1. The molecule has 0 spiro atoms. The van der Waals surface area contributed by atoms with Crippen molar-refractivity contribution in [2.24, 2.45) is 0 Å². The lowest BCUT2D eigenvalue weighted by Gasteiger charge is -2.06. The molecule has 0 aliphatic carbocycles. The number of nitrogens with zero attached hydrogens (tertiary/aromatic N) is 2. The molecule has 3 aromatic rings. The number of rotatable bonds is 5. The van der Waals surface area contributed by atoms with Crippen LogP contribution in [0.25, 0.3) is 11.0 Å². The minimum atomic E-state index is -4.20. The summed E-state index contributed by atoms with van der Waals surface area (Å²) in [4.78, 5) is 23.6. The van der Waals surface area contributed by atoms with E-state index in [9.17, 15) is 18.0 Å². The Morgan fingerprint density at radius 1 is 1.08 bits per heavy atom. The summed E-state index contributed by atoms with van der Waals surface area (Å²) >= 11 is 0. The summed E-state index contributed by atoms with van der Waals surface area (Å²) in [7, 11) is -2.75. The van der Waals surface area contributed by atoms with E-state index < -0.39 is 28.2 Å². The van der Waals surface area contributed by atoms with Crippen molar-refractivity contribution in [2.45, 2.75) is 11.4 Å². The van der Waals surface area contributed by atoms with Crippen molar-refractivity contribution in [2.75, 3.05) is 7.11 Å². The molecule has 1 heterocycles. The fourth-order valence-electron chi connectivity index (χ4n) is 2.55. The van der Waals surface area contributed by atoms with E-state index in [0.717, 1.165) is 4.57 Å². The molecule has 1 N–H and O–H groups in total. The number of aliphatic carboxylic acids is 1. The highest BCUT2D eigenvalue weighted by Gasteiger charge is 2.25. The molecule has 0 saturated carbocycles. The summed E-state index contributed by atoms with van der Waals surface area (Å²) in [5, 5.41) is 9.01. The standard InChI is InChI=1S/C16H14N2O6S/c1-24-11-6-8-12(9-7-11)25(22,23)18-14-5-3-2-4-13(14)17(16(18)21)10-15(19)20/h2-9H,10H2,1H3,(H,19,20). The lowest BCUT2D eigenvalue weighted by molar-refractivity contribution is -0.137. The monoisotopic (exact) mass is 362 g/mol. The zero-order valence-electron chi connectivity index (χ0n) is 13.1. The van der Waals surface area contributed by atoms with Gasteiger partial charge in [0.25, 0.3) is 10.0 Å². The third-order valence-corrected chi connectivity index (χ3v) is 5.39. The molecule has 0 aliphatic rings. The third kappa shape index (κ3) is 2.78. The molecule has 9 heteroatoms. The van der Waals surface area contributed by atoms with E-state index in [1.165, 1.54) is 43.5 Å². The van der Waals surface area contributed by atoms with Crippen LogP contribution in [-0.2, 0) is 21.4 Å². The van der Waals surface area contributed by atoms with Crippen LogP contribution in [0.15, 0.2) is 58.2 Å². The van der Waals surface area contributed by atoms with Gasteiger partial charge in [0, 0.05) is 0 Å². The van der Waals surface area contributed by atoms with Crippen molar-refractivity contribution in [3.8, 4) is 5.75 Å². The van der Waals surface area contributed by atoms with Crippen molar-refractivity contribution in [3.63, 3.8) is 0 Å². The molecule has 3 rings (SSSR count). The number of fused-ring (bicyclic) bond motifs is 1. The molecule has 0 unspecified atom stereocenters. The Bertz CT molecular complexity index is 1110. The molecule has 0 fully saturated rings. The van der Waals surface area contributed by atoms with Gasteiger partial charge in [0.2, 0.25) is 0 Å². The molecule has 0 radical (unpaired) electrons. The van der Waals surface area contributed by atoms with Gasteiger partial charge in [-0.2, -0.15) is 3.97 Å². The largest absolute Gasteiger partial charge is 0.497 e. The maximum atomic E-state index is 12.9. The predicted molar refractivity (Wildman–Crippen MR) is 89.4 cm³/mol. The van der Waals surface area contributed by atoms with Gasteiger partial charge in [-0.05, 0) is 36.4 Å². The average molecular weight is 362 g/mol. The maximum Gasteiger partial charge on any atom is 0.343 e. The summed E-state index contributed by atoms with van der Waals surface area (Å²) in [6, 6.07) is 11.7. The van der Waals surface area contributed by atoms with Crippen molar-refractivity contribution >= 4 is 27.0 Å². The van der Waals surface area contributed by atoms with Crippen molar-refractivity contribution < 1.29 is 23.1 Å². The van der Waals surface area contributed by atoms with E-state index in [1.807, 2.05) is 0 Å². The Balaban J connectivity index is 2.29. The first-order valence-electron chi connectivity index (χ1n) is 7.18. The maximum absolute atomic E-state index is 12.9. The molecule has 2 aromatic carbocycles. The number of ether oxygens (including phenoxy) is 1. The first kappa shape index (κ1) is 16.8. The quantitative estimate of drug-likeness (QED) is 0.729. The van der Waals surface area contributed by atoms with Crippen LogP contribution in [0.5, 0.6) is 5.75 Å². The van der Waals surface area contributed by atoms with Crippen LogP contribution in [0.1, 0.15) is 0 Å². The van der Waals surface area contributed by atoms with Gasteiger partial charge in [0.15, 0.2) is 0 Å². The van der Waals surface area contributed by atoms with Crippen LogP contribution in [0.2, 0.25) is 0 Å². The molecular formula is C16H14N2O6S. The number of aromatic nitrogens is 2. The normalized spacial score (nSPS) is 11.6. The van der Waals surface area contributed by atoms with Crippen LogP contribution in [0, 0.1) is 0 Å². The first-order valence-corrected chi connectivity index (χ1v) is 8.62. The Morgan fingerprint density at radius 2 is 1.68 bits per heavy atom. The van der Waals surface area contributed by atoms with Gasteiger partial charge < -0.3 is 9.84 Å². The predicted octanol–water partition coefficient (Wildman–Crippen LogP) is 1.13. The number of carboxylic acids is 1. The summed E-state index contributed by atoms with van der Waals surface area (Å²) in [6.07, 6.45) is 0. The van der Waals surface area contributed by atoms with E-state index in [-0.39, 0.29) is 15.9 Å². The zero-order chi connectivity index (χ0) is 18.2. The van der Waals surface area contributed by atoms with E-state index in [1.54, 1.807) is 12.1 Å². The second kappa shape index (κ2) is 6.10. The van der Waals surface area contributed by atoms with Crippen LogP contribution >= 0.6 is 0 Å². The van der Waals surface area contributed by atoms with Gasteiger partial charge in [-0.3, -0.25) is 9.36 Å². The molecule has 0 amide bonds. The lowest BCUT2D eigenvalue weighted by Crippen LogP contribution is -2.31. The molecule has 130 valence electrons. The molecular weight excluding hydrogens is 348 g/mol. The van der Waals surface area contributed by atoms with Gasteiger partial charge >= 0.3 is 11.7 Å². The molecule has 8 nitrogen and oxygen atoms in total. The molecule has 1 aromatic heterocycles. The van der Waals surface area contributed by atoms with E-state index in [2.05, 4.69) is 0 Å². The first-order chi connectivity index (χ1) is 11.9. The Morgan fingerprint density at radius 3 is 2.24 bits per heavy atom. The Kier molecular flexibility index (Phi) is 4.09. The third-order valence-electron chi connectivity index (χ3n) is 3.69. The average Bonchev–Trinajstić information content (AvgIpc) is 2.87. The van der Waals surface area contributed by atoms with E-state index in [4.69, 9.17) is 9.84 Å². The van der Waals surface area contributed by atoms with Crippen molar-refractivity contribution in [1.29, 1.82) is 0 Å². The number of para-hydroxylation sites is 2. The second-order valence-electron chi connectivity index (χ2n) is 5.20. The molecule has 0 aliphatic heterocycles. The number of imidazole rings is 1. The number of benzene rings is 2. The molecule has 0 atom stereocenters. The highest BCUT2D eigenvalue weighted by molar-refractivity contribution is 7.90. The van der Waals surface area contributed by atoms with Crippen LogP contribution in [0.3, 0.4) is 0 Å². The summed E-state index contributed by atoms with van der Waals surface area (Å²) in [5.41, 5.74) is -0.587. The molecule has 0 saturated heterocycles. The summed E-state index contributed by atoms with van der Waals surface area (Å²) < 4.78 is 32.4. The van der Waals surface area contributed by atoms with Gasteiger partial charge in [-0.1, -0.05) is 12.1 Å². The van der Waals surface area contributed by atoms with Gasteiger partial charge in [0.05, 0.1) is 23.0 Å². The number of carboxylic acid groups (broad SMARTS) is 1. The van der Waals surface area contributed by atoms with Crippen LogP contribution in [-0.4, -0.2) is 35.1 Å². The SMILES string of the molecule is COc1ccc(S(=O)(=O)n2c(=O)n(CC(=O)O)c3ccccc32)cc1. The second-order valence-corrected chi connectivity index (χ2v) is 6.98. The lowest BCUT2D eigenvalue weighted by atomic mass is 10.3. The smallest absolute Gasteiger partial charge is 0.343 e. The number of hydrogen-bond acceptors (Lipinski definition) is 5. The topological polar surface area (TPSA) is 108 Å². The van der Waals surface area contributed by atoms with E-state index >= 15 is 0 Å². The van der Waals surface area contributed by atoms with Crippen molar-refractivity contribution in [1.82, 2.24) is 8.54 Å². The van der Waals surface area contributed by atoms with Crippen LogP contribution < -0.4 is 10.4 Å². The fraction of sp³-hybridized carbons (Fsp3) is 0.125. The summed E-state index contributed by atoms with van der Waals surface area (Å²) in [5.74, 6) is -0.772. The minimum Gasteiger partial charge on any atom is -0.497 e. The highest BCUT2D eigenvalue weighted by Crippen LogP contribution is 2.21. The summed E-state index contributed by atoms with van der Waals surface area (Å²) in [6.45, 7) is -0.634. The number of methoxy groups -OCH3 is 1. The van der Waals surface area contributed by atoms with Crippen molar-refractivity contribution in [3.05, 3.63) is 59.0 Å². The Labute approximate surface area is 142 Å². The van der Waals surface area contributed by atoms with E-state index in [0.29, 0.717) is 9.72 Å². The molecule has 25 heavy (non-hydrogen) atoms. The molecule has 0 bridgehead atoms. The van der Waals surface area contributed by atoms with Crippen LogP contribution in [0.4, 0.5) is 0 Å². The highest BCUT2D eigenvalue weighted by atomic mass is 32.2. The zero-order valence-corrected chi connectivity index (χ0v) is 13.9. The number of hydrogen-bond donors (Lipinski definition) is 1. The van der Waals surface area contributed by atoms with Gasteiger partial charge in [-0.15, -0.1) is 0 Å².